The van der Waals surface area contributed by atoms with Crippen molar-refractivity contribution in [3.05, 3.63) is 82.4 Å². The van der Waals surface area contributed by atoms with Gasteiger partial charge >= 0.3 is 0 Å². The molecule has 1 saturated heterocycles. The number of ether oxygens (including phenoxy) is 1. The molecule has 1 fully saturated rings. The first-order valence-corrected chi connectivity index (χ1v) is 10.9. The van der Waals surface area contributed by atoms with Gasteiger partial charge < -0.3 is 14.5 Å². The summed E-state index contributed by atoms with van der Waals surface area (Å²) in [7, 11) is 0. The highest BCUT2D eigenvalue weighted by Gasteiger charge is 2.32. The molecule has 2 aliphatic rings. The van der Waals surface area contributed by atoms with Gasteiger partial charge in [0, 0.05) is 31.7 Å². The van der Waals surface area contributed by atoms with Crippen LogP contribution < -0.4 is 0 Å². The summed E-state index contributed by atoms with van der Waals surface area (Å²) in [5, 5.41) is 8.33. The van der Waals surface area contributed by atoms with Crippen LogP contribution in [0.2, 0.25) is 0 Å². The third-order valence-electron chi connectivity index (χ3n) is 6.24. The lowest BCUT2D eigenvalue weighted by molar-refractivity contribution is -0.00202. The van der Waals surface area contributed by atoms with Crippen LogP contribution in [0.1, 0.15) is 43.8 Å². The number of nitrogens with zero attached hydrogens (tertiary/aromatic N) is 5. The van der Waals surface area contributed by atoms with E-state index in [0.29, 0.717) is 55.2 Å². The van der Waals surface area contributed by atoms with E-state index in [1.807, 2.05) is 30.3 Å². The molecule has 0 aliphatic carbocycles. The molecule has 2 amide bonds. The number of carbonyl (C=O) groups excluding carboxylic acids is 2. The molecule has 3 heterocycles. The Morgan fingerprint density at radius 3 is 2.39 bits per heavy atom. The first kappa shape index (κ1) is 21.3. The van der Waals surface area contributed by atoms with E-state index < -0.39 is 5.82 Å². The van der Waals surface area contributed by atoms with Crippen LogP contribution >= 0.6 is 0 Å². The Labute approximate surface area is 190 Å². The largest absolute Gasteiger partial charge is 0.365 e. The molecule has 0 saturated carbocycles. The molecular weight excluding hydrogens is 425 g/mol. The second kappa shape index (κ2) is 8.74. The quantitative estimate of drug-likeness (QED) is 0.614. The van der Waals surface area contributed by atoms with Crippen LogP contribution in [-0.2, 0) is 17.9 Å². The summed E-state index contributed by atoms with van der Waals surface area (Å²) in [6, 6.07) is 14.4. The molecule has 0 N–H and O–H groups in total. The molecule has 3 aromatic rings. The minimum Gasteiger partial charge on any atom is -0.365 e. The van der Waals surface area contributed by atoms with Crippen LogP contribution in [-0.4, -0.2) is 62.8 Å². The highest BCUT2D eigenvalue weighted by atomic mass is 19.1. The van der Waals surface area contributed by atoms with E-state index in [-0.39, 0.29) is 24.5 Å². The molecule has 8 nitrogen and oxygen atoms in total. The number of aryl methyl sites for hydroxylation is 1. The number of halogens is 1. The molecule has 2 aliphatic heterocycles. The second-order valence-electron chi connectivity index (χ2n) is 8.33. The summed E-state index contributed by atoms with van der Waals surface area (Å²) in [6.45, 7) is 3.90. The summed E-state index contributed by atoms with van der Waals surface area (Å²) in [5.41, 5.74) is 2.83. The van der Waals surface area contributed by atoms with E-state index in [1.54, 1.807) is 33.5 Å². The fourth-order valence-corrected chi connectivity index (χ4v) is 4.22. The van der Waals surface area contributed by atoms with Crippen molar-refractivity contribution < 1.29 is 18.7 Å². The maximum atomic E-state index is 13.8. The Kier molecular flexibility index (Phi) is 5.63. The molecule has 0 bridgehead atoms. The zero-order valence-corrected chi connectivity index (χ0v) is 18.3. The maximum absolute atomic E-state index is 13.8. The van der Waals surface area contributed by atoms with Gasteiger partial charge in [0.25, 0.3) is 11.8 Å². The molecular formula is C24H24FN5O3. The van der Waals surface area contributed by atoms with E-state index in [9.17, 15) is 14.0 Å². The molecule has 2 aromatic carbocycles. The van der Waals surface area contributed by atoms with E-state index in [1.165, 1.54) is 6.07 Å². The summed E-state index contributed by atoms with van der Waals surface area (Å²) in [6.07, 6.45) is -0.135. The summed E-state index contributed by atoms with van der Waals surface area (Å²) in [4.78, 5) is 29.2. The van der Waals surface area contributed by atoms with Crippen LogP contribution in [0.4, 0.5) is 4.39 Å². The maximum Gasteiger partial charge on any atom is 0.276 e. The first-order valence-electron chi connectivity index (χ1n) is 10.9. The number of hydrogen-bond donors (Lipinski definition) is 0. The van der Waals surface area contributed by atoms with E-state index >= 15 is 0 Å². The minimum atomic E-state index is -0.400. The number of fused-ring (bicyclic) bond motifs is 1. The van der Waals surface area contributed by atoms with Crippen LogP contribution in [0.15, 0.2) is 48.5 Å². The average Bonchev–Trinajstić information content (AvgIpc) is 3.29. The predicted molar refractivity (Wildman–Crippen MR) is 117 cm³/mol. The van der Waals surface area contributed by atoms with E-state index in [4.69, 9.17) is 4.74 Å². The van der Waals surface area contributed by atoms with Crippen molar-refractivity contribution in [1.82, 2.24) is 24.8 Å². The van der Waals surface area contributed by atoms with Gasteiger partial charge in [-0.25, -0.2) is 9.07 Å². The topological polar surface area (TPSA) is 80.6 Å². The zero-order chi connectivity index (χ0) is 22.9. The Morgan fingerprint density at radius 2 is 1.70 bits per heavy atom. The Bertz CT molecular complexity index is 1190. The zero-order valence-electron chi connectivity index (χ0n) is 18.3. The molecule has 1 atom stereocenters. The number of hydrogen-bond acceptors (Lipinski definition) is 5. The van der Waals surface area contributed by atoms with Crippen molar-refractivity contribution in [3.8, 4) is 0 Å². The normalized spacial score (nSPS) is 18.2. The monoisotopic (exact) mass is 449 g/mol. The van der Waals surface area contributed by atoms with Crippen molar-refractivity contribution in [2.45, 2.75) is 26.2 Å². The number of carbonyl (C=O) groups is 2. The fraction of sp³-hybridized carbons (Fsp3) is 0.333. The molecule has 0 unspecified atom stereocenters. The summed E-state index contributed by atoms with van der Waals surface area (Å²) < 4.78 is 21.6. The van der Waals surface area contributed by atoms with Gasteiger partial charge in [-0.2, -0.15) is 0 Å². The standard InChI is InChI=1S/C24H24FN5O3/c1-16-7-8-18(13-19(16)25)23(31)28-9-11-29(12-10-28)24(32)22-20-15-33-21(14-30(20)27-26-22)17-5-3-2-4-6-17/h2-8,13,21H,9-12,14-15H2,1H3/t21-/m1/s1. The highest BCUT2D eigenvalue weighted by Crippen LogP contribution is 2.27. The van der Waals surface area contributed by atoms with Gasteiger partial charge in [-0.05, 0) is 30.2 Å². The number of benzene rings is 2. The van der Waals surface area contributed by atoms with Gasteiger partial charge in [-0.15, -0.1) is 5.10 Å². The van der Waals surface area contributed by atoms with Crippen LogP contribution in [0.25, 0.3) is 0 Å². The Morgan fingerprint density at radius 1 is 1.00 bits per heavy atom. The van der Waals surface area contributed by atoms with Crippen LogP contribution in [0.5, 0.6) is 0 Å². The lowest BCUT2D eigenvalue weighted by Crippen LogP contribution is -2.50. The number of aromatic nitrogens is 3. The number of amides is 2. The Balaban J connectivity index is 1.23. The van der Waals surface area contributed by atoms with Crippen molar-refractivity contribution in [2.75, 3.05) is 26.2 Å². The molecule has 0 spiro atoms. The number of rotatable bonds is 3. The Hall–Kier alpha value is -3.59. The average molecular weight is 449 g/mol. The van der Waals surface area contributed by atoms with Gasteiger partial charge in [0.05, 0.1) is 18.8 Å². The molecule has 33 heavy (non-hydrogen) atoms. The lowest BCUT2D eigenvalue weighted by Gasteiger charge is -2.34. The first-order chi connectivity index (χ1) is 16.0. The van der Waals surface area contributed by atoms with E-state index in [2.05, 4.69) is 10.3 Å². The van der Waals surface area contributed by atoms with Gasteiger partial charge in [0.2, 0.25) is 0 Å². The molecule has 0 radical (unpaired) electrons. The highest BCUT2D eigenvalue weighted by molar-refractivity contribution is 5.95. The van der Waals surface area contributed by atoms with Crippen LogP contribution in [0, 0.1) is 12.7 Å². The van der Waals surface area contributed by atoms with Crippen molar-refractivity contribution in [2.24, 2.45) is 0 Å². The molecule has 9 heteroatoms. The fourth-order valence-electron chi connectivity index (χ4n) is 4.22. The second-order valence-corrected chi connectivity index (χ2v) is 8.33. The van der Waals surface area contributed by atoms with Crippen molar-refractivity contribution in [1.29, 1.82) is 0 Å². The minimum absolute atomic E-state index is 0.135. The lowest BCUT2D eigenvalue weighted by atomic mass is 10.1. The smallest absolute Gasteiger partial charge is 0.276 e. The van der Waals surface area contributed by atoms with Gasteiger partial charge in [0.15, 0.2) is 5.69 Å². The SMILES string of the molecule is Cc1ccc(C(=O)N2CCN(C(=O)c3nnn4c3CO[C@@H](c3ccccc3)C4)CC2)cc1F. The van der Waals surface area contributed by atoms with E-state index in [0.717, 1.165) is 5.56 Å². The van der Waals surface area contributed by atoms with Crippen molar-refractivity contribution >= 4 is 11.8 Å². The summed E-state index contributed by atoms with van der Waals surface area (Å²) >= 11 is 0. The predicted octanol–water partition coefficient (Wildman–Crippen LogP) is 2.60. The van der Waals surface area contributed by atoms with Crippen molar-refractivity contribution in [3.63, 3.8) is 0 Å². The van der Waals surface area contributed by atoms with Gasteiger partial charge in [-0.3, -0.25) is 9.59 Å². The molecule has 1 aromatic heterocycles. The van der Waals surface area contributed by atoms with Crippen LogP contribution in [0.3, 0.4) is 0 Å². The van der Waals surface area contributed by atoms with Gasteiger partial charge in [0.1, 0.15) is 11.9 Å². The third kappa shape index (κ3) is 4.11. The third-order valence-corrected chi connectivity index (χ3v) is 6.24. The molecule has 5 rings (SSSR count). The van der Waals surface area contributed by atoms with Gasteiger partial charge in [-0.1, -0.05) is 41.6 Å². The number of piperazine rings is 1. The summed E-state index contributed by atoms with van der Waals surface area (Å²) in [5.74, 6) is -0.850. The molecule has 170 valence electrons.